The van der Waals surface area contributed by atoms with Gasteiger partial charge >= 0.3 is 5.97 Å². The zero-order chi connectivity index (χ0) is 16.8. The van der Waals surface area contributed by atoms with Gasteiger partial charge in [-0.2, -0.15) is 0 Å². The molecule has 0 aromatic rings. The topological polar surface area (TPSA) is 26.3 Å². The molecule has 0 amide bonds. The van der Waals surface area contributed by atoms with Gasteiger partial charge in [0, 0.05) is 6.42 Å². The lowest BCUT2D eigenvalue weighted by atomic mass is 9.54. The summed E-state index contributed by atoms with van der Waals surface area (Å²) in [7, 11) is 1.47. The van der Waals surface area contributed by atoms with Gasteiger partial charge in [-0.25, -0.2) is 0 Å². The molecule has 0 aromatic heterocycles. The van der Waals surface area contributed by atoms with E-state index in [1.54, 1.807) is 6.42 Å². The van der Waals surface area contributed by atoms with E-state index in [0.29, 0.717) is 6.42 Å². The van der Waals surface area contributed by atoms with Gasteiger partial charge in [0.05, 0.1) is 7.11 Å². The Morgan fingerprint density at radius 1 is 0.875 bits per heavy atom. The minimum atomic E-state index is -0.0622. The molecule has 0 heterocycles. The molecular formula is C22H36O2. The lowest BCUT2D eigenvalue weighted by Crippen LogP contribution is -2.40. The van der Waals surface area contributed by atoms with Gasteiger partial charge in [0.25, 0.3) is 0 Å². The molecule has 4 bridgehead atoms. The van der Waals surface area contributed by atoms with Gasteiger partial charge in [0.1, 0.15) is 0 Å². The van der Waals surface area contributed by atoms with Gasteiger partial charge in [-0.1, -0.05) is 43.8 Å². The largest absolute Gasteiger partial charge is 0.469 e. The van der Waals surface area contributed by atoms with E-state index in [-0.39, 0.29) is 5.97 Å². The van der Waals surface area contributed by atoms with Crippen molar-refractivity contribution in [1.82, 2.24) is 0 Å². The van der Waals surface area contributed by atoms with E-state index in [2.05, 4.69) is 10.8 Å². The van der Waals surface area contributed by atoms with Crippen LogP contribution in [0.1, 0.15) is 89.9 Å². The number of carbonyl (C=O) groups is 1. The molecule has 4 rings (SSSR count). The number of carbonyl (C=O) groups excluding carboxylic acids is 1. The number of rotatable bonds is 10. The summed E-state index contributed by atoms with van der Waals surface area (Å²) in [6.07, 6.45) is 21.1. The van der Waals surface area contributed by atoms with Crippen molar-refractivity contribution in [1.29, 1.82) is 0 Å². The highest BCUT2D eigenvalue weighted by atomic mass is 16.5. The third kappa shape index (κ3) is 4.86. The summed E-state index contributed by atoms with van der Waals surface area (Å²) in [5, 5.41) is 0. The van der Waals surface area contributed by atoms with Crippen LogP contribution in [0.15, 0.2) is 11.6 Å². The average molecular weight is 333 g/mol. The van der Waals surface area contributed by atoms with Crippen molar-refractivity contribution in [2.75, 3.05) is 7.11 Å². The van der Waals surface area contributed by atoms with E-state index in [9.17, 15) is 4.79 Å². The zero-order valence-corrected chi connectivity index (χ0v) is 15.6. The van der Waals surface area contributed by atoms with Crippen LogP contribution in [0.4, 0.5) is 0 Å². The first-order chi connectivity index (χ1) is 11.8. The SMILES string of the molecule is COC(=O)CCCCCCCCCC=C1C2CC3CC(C2)CC1C3. The van der Waals surface area contributed by atoms with Crippen molar-refractivity contribution >= 4 is 5.97 Å². The fourth-order valence-corrected chi connectivity index (χ4v) is 5.73. The van der Waals surface area contributed by atoms with Crippen molar-refractivity contribution in [2.45, 2.75) is 89.9 Å². The lowest BCUT2D eigenvalue weighted by Gasteiger charge is -2.51. The predicted molar refractivity (Wildman–Crippen MR) is 98.7 cm³/mol. The first kappa shape index (κ1) is 18.0. The Labute approximate surface area is 148 Å². The van der Waals surface area contributed by atoms with E-state index < -0.39 is 0 Å². The summed E-state index contributed by atoms with van der Waals surface area (Å²) in [4.78, 5) is 11.0. The fourth-order valence-electron chi connectivity index (χ4n) is 5.73. The summed E-state index contributed by atoms with van der Waals surface area (Å²) in [5.41, 5.74) is 1.88. The molecule has 0 N–H and O–H groups in total. The van der Waals surface area contributed by atoms with Gasteiger partial charge in [-0.05, 0) is 75.0 Å². The maximum Gasteiger partial charge on any atom is 0.305 e. The van der Waals surface area contributed by atoms with Crippen LogP contribution in [0.2, 0.25) is 0 Å². The molecule has 4 aliphatic carbocycles. The Kier molecular flexibility index (Phi) is 6.80. The number of ether oxygens (including phenoxy) is 1. The van der Waals surface area contributed by atoms with Gasteiger partial charge < -0.3 is 4.74 Å². The maximum atomic E-state index is 11.0. The van der Waals surface area contributed by atoms with Crippen LogP contribution in [-0.2, 0) is 9.53 Å². The molecule has 0 aromatic carbocycles. The summed E-state index contributed by atoms with van der Waals surface area (Å²) < 4.78 is 4.66. The summed E-state index contributed by atoms with van der Waals surface area (Å²) in [6.45, 7) is 0. The zero-order valence-electron chi connectivity index (χ0n) is 15.6. The molecule has 0 spiro atoms. The highest BCUT2D eigenvalue weighted by Gasteiger charge is 2.44. The molecule has 24 heavy (non-hydrogen) atoms. The van der Waals surface area contributed by atoms with Gasteiger partial charge in [0.2, 0.25) is 0 Å². The molecule has 4 saturated carbocycles. The van der Waals surface area contributed by atoms with E-state index in [4.69, 9.17) is 0 Å². The second-order valence-corrected chi connectivity index (χ2v) is 8.60. The van der Waals surface area contributed by atoms with Gasteiger partial charge in [-0.15, -0.1) is 0 Å². The molecule has 0 saturated heterocycles. The van der Waals surface area contributed by atoms with Crippen molar-refractivity contribution in [3.05, 3.63) is 11.6 Å². The Morgan fingerprint density at radius 3 is 2.00 bits per heavy atom. The summed E-state index contributed by atoms with van der Waals surface area (Å²) in [5.74, 6) is 4.08. The van der Waals surface area contributed by atoms with Gasteiger partial charge in [0.15, 0.2) is 0 Å². The Morgan fingerprint density at radius 2 is 1.42 bits per heavy atom. The third-order valence-corrected chi connectivity index (χ3v) is 6.77. The molecule has 136 valence electrons. The third-order valence-electron chi connectivity index (χ3n) is 6.77. The summed E-state index contributed by atoms with van der Waals surface area (Å²) in [6, 6.07) is 0. The Hall–Kier alpha value is -0.790. The molecule has 0 radical (unpaired) electrons. The maximum absolute atomic E-state index is 11.0. The standard InChI is InChI=1S/C22H36O2/c1-24-22(23)11-9-7-5-3-2-4-6-8-10-21-19-13-17-12-18(15-19)16-20(21)14-17/h10,17-20H,2-9,11-16H2,1H3. The number of allylic oxidation sites excluding steroid dienone is 2. The second kappa shape index (κ2) is 9.06. The minimum absolute atomic E-state index is 0.0622. The predicted octanol–water partition coefficient (Wildman–Crippen LogP) is 6.05. The van der Waals surface area contributed by atoms with Crippen molar-refractivity contribution in [3.8, 4) is 0 Å². The van der Waals surface area contributed by atoms with Crippen LogP contribution in [0.25, 0.3) is 0 Å². The molecule has 2 heteroatoms. The number of hydrogen-bond donors (Lipinski definition) is 0. The lowest BCUT2D eigenvalue weighted by molar-refractivity contribution is -0.140. The normalized spacial score (nSPS) is 30.6. The molecule has 4 fully saturated rings. The van der Waals surface area contributed by atoms with E-state index >= 15 is 0 Å². The van der Waals surface area contributed by atoms with Crippen LogP contribution in [0.5, 0.6) is 0 Å². The monoisotopic (exact) mass is 332 g/mol. The molecule has 4 aliphatic rings. The molecule has 0 unspecified atom stereocenters. The number of unbranched alkanes of at least 4 members (excludes halogenated alkanes) is 7. The van der Waals surface area contributed by atoms with Crippen LogP contribution in [0, 0.1) is 23.7 Å². The number of esters is 1. The highest BCUT2D eigenvalue weighted by molar-refractivity contribution is 5.68. The second-order valence-electron chi connectivity index (χ2n) is 8.60. The molecule has 2 nitrogen and oxygen atoms in total. The summed E-state index contributed by atoms with van der Waals surface area (Å²) >= 11 is 0. The minimum Gasteiger partial charge on any atom is -0.469 e. The highest BCUT2D eigenvalue weighted by Crippen LogP contribution is 2.56. The Balaban J connectivity index is 1.21. The number of hydrogen-bond acceptors (Lipinski definition) is 2. The Bertz CT molecular complexity index is 407. The first-order valence-corrected chi connectivity index (χ1v) is 10.5. The molecule has 0 aliphatic heterocycles. The van der Waals surface area contributed by atoms with Crippen LogP contribution >= 0.6 is 0 Å². The first-order valence-electron chi connectivity index (χ1n) is 10.5. The van der Waals surface area contributed by atoms with Crippen molar-refractivity contribution < 1.29 is 9.53 Å². The average Bonchev–Trinajstić information content (AvgIpc) is 2.57. The van der Waals surface area contributed by atoms with E-state index in [1.807, 2.05) is 5.57 Å². The molecular weight excluding hydrogens is 296 g/mol. The van der Waals surface area contributed by atoms with Gasteiger partial charge in [-0.3, -0.25) is 4.79 Å². The van der Waals surface area contributed by atoms with E-state index in [0.717, 1.165) is 30.1 Å². The van der Waals surface area contributed by atoms with Crippen LogP contribution < -0.4 is 0 Å². The number of methoxy groups -OCH3 is 1. The van der Waals surface area contributed by atoms with E-state index in [1.165, 1.54) is 77.7 Å². The smallest absolute Gasteiger partial charge is 0.305 e. The molecule has 0 atom stereocenters. The van der Waals surface area contributed by atoms with Crippen molar-refractivity contribution in [2.24, 2.45) is 23.7 Å². The quantitative estimate of drug-likeness (QED) is 0.276. The van der Waals surface area contributed by atoms with Crippen molar-refractivity contribution in [3.63, 3.8) is 0 Å². The van der Waals surface area contributed by atoms with Crippen LogP contribution in [-0.4, -0.2) is 13.1 Å². The fraction of sp³-hybridized carbons (Fsp3) is 0.864. The van der Waals surface area contributed by atoms with Crippen LogP contribution in [0.3, 0.4) is 0 Å².